The fourth-order valence-corrected chi connectivity index (χ4v) is 3.75. The molecule has 0 aromatic heterocycles. The third kappa shape index (κ3) is 2.47. The average Bonchev–Trinajstić information content (AvgIpc) is 2.61. The van der Waals surface area contributed by atoms with Gasteiger partial charge in [0.1, 0.15) is 0 Å². The lowest BCUT2D eigenvalue weighted by molar-refractivity contribution is -0.384. The molecule has 0 bridgehead atoms. The van der Waals surface area contributed by atoms with Gasteiger partial charge in [-0.1, -0.05) is 30.3 Å². The van der Waals surface area contributed by atoms with E-state index in [1.807, 2.05) is 24.3 Å². The van der Waals surface area contributed by atoms with Gasteiger partial charge in [0.2, 0.25) is 0 Å². The lowest BCUT2D eigenvalue weighted by Gasteiger charge is -2.43. The van der Waals surface area contributed by atoms with Gasteiger partial charge in [0, 0.05) is 35.9 Å². The third-order valence-electron chi connectivity index (χ3n) is 4.84. The van der Waals surface area contributed by atoms with Crippen molar-refractivity contribution in [3.8, 4) is 0 Å². The Kier molecular flexibility index (Phi) is 3.50. The van der Waals surface area contributed by atoms with Crippen LogP contribution in [-0.2, 0) is 4.74 Å². The van der Waals surface area contributed by atoms with E-state index in [0.717, 1.165) is 30.7 Å². The highest BCUT2D eigenvalue weighted by Crippen LogP contribution is 2.48. The predicted octanol–water partition coefficient (Wildman–Crippen LogP) is 4.23. The first-order chi connectivity index (χ1) is 11.2. The van der Waals surface area contributed by atoms with Gasteiger partial charge in [-0.2, -0.15) is 0 Å². The van der Waals surface area contributed by atoms with Gasteiger partial charge in [0.05, 0.1) is 17.1 Å². The van der Waals surface area contributed by atoms with Crippen LogP contribution in [0.1, 0.15) is 36.1 Å². The summed E-state index contributed by atoms with van der Waals surface area (Å²) in [5, 5.41) is 14.5. The molecule has 0 aliphatic carbocycles. The van der Waals surface area contributed by atoms with E-state index in [9.17, 15) is 10.1 Å². The van der Waals surface area contributed by atoms with E-state index in [4.69, 9.17) is 4.74 Å². The monoisotopic (exact) mass is 310 g/mol. The van der Waals surface area contributed by atoms with Crippen molar-refractivity contribution in [2.45, 2.75) is 25.0 Å². The minimum absolute atomic E-state index is 0.0985. The smallest absolute Gasteiger partial charge is 0.269 e. The number of nitrogens with zero attached hydrogens (tertiary/aromatic N) is 1. The van der Waals surface area contributed by atoms with Gasteiger partial charge in [0.15, 0.2) is 0 Å². The maximum Gasteiger partial charge on any atom is 0.269 e. The van der Waals surface area contributed by atoms with Crippen molar-refractivity contribution >= 4 is 11.4 Å². The Bertz CT molecular complexity index is 729. The predicted molar refractivity (Wildman–Crippen MR) is 87.3 cm³/mol. The number of benzene rings is 2. The maximum atomic E-state index is 10.9. The molecule has 1 N–H and O–H groups in total. The number of hydrogen-bond donors (Lipinski definition) is 1. The summed E-state index contributed by atoms with van der Waals surface area (Å²) in [6, 6.07) is 15.2. The van der Waals surface area contributed by atoms with E-state index < -0.39 is 0 Å². The number of nitrogens with one attached hydrogen (secondary N) is 1. The topological polar surface area (TPSA) is 64.4 Å². The summed E-state index contributed by atoms with van der Waals surface area (Å²) in [4.78, 5) is 10.5. The van der Waals surface area contributed by atoms with Crippen molar-refractivity contribution in [2.75, 3.05) is 11.9 Å². The molecule has 1 fully saturated rings. The van der Waals surface area contributed by atoms with Crippen LogP contribution in [0.15, 0.2) is 48.5 Å². The Morgan fingerprint density at radius 3 is 2.70 bits per heavy atom. The largest absolute Gasteiger partial charge is 0.378 e. The number of nitro groups is 1. The molecule has 2 heterocycles. The zero-order valence-electron chi connectivity index (χ0n) is 12.6. The van der Waals surface area contributed by atoms with E-state index in [1.165, 1.54) is 5.56 Å². The average molecular weight is 310 g/mol. The molecule has 0 radical (unpaired) electrons. The molecule has 0 amide bonds. The Labute approximate surface area is 134 Å². The third-order valence-corrected chi connectivity index (χ3v) is 4.84. The van der Waals surface area contributed by atoms with Gasteiger partial charge in [-0.15, -0.1) is 0 Å². The molecule has 3 atom stereocenters. The molecule has 118 valence electrons. The Morgan fingerprint density at radius 2 is 1.91 bits per heavy atom. The molecule has 0 unspecified atom stereocenters. The highest BCUT2D eigenvalue weighted by molar-refractivity contribution is 5.57. The molecule has 2 aromatic rings. The minimum atomic E-state index is -0.361. The minimum Gasteiger partial charge on any atom is -0.378 e. The van der Waals surface area contributed by atoms with Crippen molar-refractivity contribution in [2.24, 2.45) is 5.92 Å². The SMILES string of the molecule is O=[N+]([O-])c1ccc([C@@H]2Nc3ccccc3[C@H]3OCCC[C@H]32)cc1. The molecule has 1 saturated heterocycles. The second kappa shape index (κ2) is 5.66. The molecule has 0 saturated carbocycles. The molecule has 2 aliphatic heterocycles. The first-order valence-corrected chi connectivity index (χ1v) is 7.95. The first kappa shape index (κ1) is 14.2. The molecule has 5 nitrogen and oxygen atoms in total. The molecular weight excluding hydrogens is 292 g/mol. The van der Waals surface area contributed by atoms with Crippen LogP contribution in [0.5, 0.6) is 0 Å². The highest BCUT2D eigenvalue weighted by atomic mass is 16.6. The summed E-state index contributed by atoms with van der Waals surface area (Å²) < 4.78 is 6.07. The van der Waals surface area contributed by atoms with Gasteiger partial charge in [-0.05, 0) is 24.5 Å². The van der Waals surface area contributed by atoms with E-state index in [1.54, 1.807) is 12.1 Å². The van der Waals surface area contributed by atoms with Crippen LogP contribution in [0, 0.1) is 16.0 Å². The van der Waals surface area contributed by atoms with Crippen LogP contribution >= 0.6 is 0 Å². The van der Waals surface area contributed by atoms with E-state index in [0.29, 0.717) is 5.92 Å². The van der Waals surface area contributed by atoms with Gasteiger partial charge in [-0.25, -0.2) is 0 Å². The highest BCUT2D eigenvalue weighted by Gasteiger charge is 2.39. The second-order valence-corrected chi connectivity index (χ2v) is 6.16. The molecule has 4 rings (SSSR count). The van der Waals surface area contributed by atoms with Crippen LogP contribution in [0.2, 0.25) is 0 Å². The summed E-state index contributed by atoms with van der Waals surface area (Å²) in [7, 11) is 0. The lowest BCUT2D eigenvalue weighted by atomic mass is 9.77. The quantitative estimate of drug-likeness (QED) is 0.666. The van der Waals surface area contributed by atoms with Crippen LogP contribution in [-0.4, -0.2) is 11.5 Å². The van der Waals surface area contributed by atoms with Crippen LogP contribution in [0.25, 0.3) is 0 Å². The second-order valence-electron chi connectivity index (χ2n) is 6.16. The van der Waals surface area contributed by atoms with Crippen LogP contribution in [0.4, 0.5) is 11.4 Å². The lowest BCUT2D eigenvalue weighted by Crippen LogP contribution is -2.35. The van der Waals surface area contributed by atoms with Crippen molar-refractivity contribution in [1.82, 2.24) is 0 Å². The summed E-state index contributed by atoms with van der Waals surface area (Å²) in [5.41, 5.74) is 3.52. The van der Waals surface area contributed by atoms with Gasteiger partial charge in [-0.3, -0.25) is 10.1 Å². The number of hydrogen-bond acceptors (Lipinski definition) is 4. The van der Waals surface area contributed by atoms with E-state index in [-0.39, 0.29) is 22.8 Å². The Morgan fingerprint density at radius 1 is 1.13 bits per heavy atom. The first-order valence-electron chi connectivity index (χ1n) is 7.95. The number of fused-ring (bicyclic) bond motifs is 3. The van der Waals surface area contributed by atoms with Crippen LogP contribution in [0.3, 0.4) is 0 Å². The number of ether oxygens (including phenoxy) is 1. The van der Waals surface area contributed by atoms with E-state index >= 15 is 0 Å². The molecule has 5 heteroatoms. The number of para-hydroxylation sites is 1. The summed E-state index contributed by atoms with van der Waals surface area (Å²) >= 11 is 0. The zero-order chi connectivity index (χ0) is 15.8. The zero-order valence-corrected chi connectivity index (χ0v) is 12.6. The molecular formula is C18H18N2O3. The van der Waals surface area contributed by atoms with Crippen molar-refractivity contribution < 1.29 is 9.66 Å². The molecule has 0 spiro atoms. The number of rotatable bonds is 2. The van der Waals surface area contributed by atoms with Gasteiger partial charge >= 0.3 is 0 Å². The fourth-order valence-electron chi connectivity index (χ4n) is 3.75. The van der Waals surface area contributed by atoms with Gasteiger partial charge in [0.25, 0.3) is 5.69 Å². The standard InChI is InChI=1S/C18H18N2O3/c21-20(22)13-9-7-12(8-10-13)17-15-5-3-11-23-18(15)14-4-1-2-6-16(14)19-17/h1-2,4,6-10,15,17-19H,3,5,11H2/t15-,17-,18+/m0/s1. The molecule has 2 aliphatic rings. The van der Waals surface area contributed by atoms with E-state index in [2.05, 4.69) is 17.4 Å². The summed E-state index contributed by atoms with van der Waals surface area (Å²) in [5.74, 6) is 0.347. The van der Waals surface area contributed by atoms with Gasteiger partial charge < -0.3 is 10.1 Å². The Balaban J connectivity index is 1.72. The van der Waals surface area contributed by atoms with Crippen molar-refractivity contribution in [3.05, 3.63) is 69.8 Å². The van der Waals surface area contributed by atoms with Crippen molar-refractivity contribution in [3.63, 3.8) is 0 Å². The Hall–Kier alpha value is -2.40. The maximum absolute atomic E-state index is 10.9. The molecule has 23 heavy (non-hydrogen) atoms. The molecule has 2 aromatic carbocycles. The summed E-state index contributed by atoms with van der Waals surface area (Å²) in [6.45, 7) is 0.794. The van der Waals surface area contributed by atoms with Crippen molar-refractivity contribution in [1.29, 1.82) is 0 Å². The number of anilines is 1. The normalized spacial score (nSPS) is 25.8. The fraction of sp³-hybridized carbons (Fsp3) is 0.333. The number of non-ortho nitro benzene ring substituents is 1. The number of nitro benzene ring substituents is 1. The summed E-state index contributed by atoms with van der Waals surface area (Å²) in [6.07, 6.45) is 2.24. The van der Waals surface area contributed by atoms with Crippen LogP contribution < -0.4 is 5.32 Å².